The average molecular weight is 273 g/mol. The molecule has 0 amide bonds. The Morgan fingerprint density at radius 2 is 1.92 bits per heavy atom. The van der Waals surface area contributed by atoms with E-state index >= 15 is 0 Å². The minimum Gasteiger partial charge on any atom is -1.00 e. The first kappa shape index (κ1) is 13.8. The van der Waals surface area contributed by atoms with E-state index in [1.165, 1.54) is 0 Å². The molecule has 0 saturated carbocycles. The number of hydrogen-bond donors (Lipinski definition) is 1. The molecule has 0 saturated heterocycles. The Labute approximate surface area is 112 Å². The first-order chi connectivity index (χ1) is 5.52. The zero-order valence-corrected chi connectivity index (χ0v) is 12.2. The van der Waals surface area contributed by atoms with Crippen LogP contribution in [0.15, 0.2) is 21.5 Å². The van der Waals surface area contributed by atoms with Crippen molar-refractivity contribution in [2.75, 3.05) is 0 Å². The molecule has 1 N–H and O–H groups in total. The van der Waals surface area contributed by atoms with Crippen molar-refractivity contribution in [2.45, 2.75) is 18.7 Å². The Kier molecular flexibility index (Phi) is 5.98. The zero-order valence-electron chi connectivity index (χ0n) is 8.80. The first-order valence-corrected chi connectivity index (χ1v) is 5.30. The SMILES string of the molecule is Cc1cc(C)c(S(=O)O)cc1Br.[H-].[Na+]. The van der Waals surface area contributed by atoms with Crippen molar-refractivity contribution in [3.63, 3.8) is 0 Å². The second-order valence-electron chi connectivity index (χ2n) is 2.62. The van der Waals surface area contributed by atoms with E-state index in [1.807, 2.05) is 19.9 Å². The summed E-state index contributed by atoms with van der Waals surface area (Å²) in [5, 5.41) is 0. The van der Waals surface area contributed by atoms with Gasteiger partial charge >= 0.3 is 29.6 Å². The maximum absolute atomic E-state index is 10.8. The fourth-order valence-corrected chi connectivity index (χ4v) is 2.04. The molecule has 0 heterocycles. The standard InChI is InChI=1S/C8H9BrO2S.Na.H/c1-5-3-6(2)8(12(10)11)4-7(5)9;;/h3-4H,1-2H3,(H,10,11);;/q;+1;-1. The number of rotatable bonds is 1. The van der Waals surface area contributed by atoms with Gasteiger partial charge < -0.3 is 5.98 Å². The van der Waals surface area contributed by atoms with Crippen molar-refractivity contribution in [3.05, 3.63) is 27.7 Å². The Morgan fingerprint density at radius 1 is 1.38 bits per heavy atom. The van der Waals surface area contributed by atoms with Gasteiger partial charge in [-0.3, -0.25) is 0 Å². The van der Waals surface area contributed by atoms with Crippen LogP contribution in [0.1, 0.15) is 12.6 Å². The van der Waals surface area contributed by atoms with Crippen LogP contribution in [0, 0.1) is 13.8 Å². The van der Waals surface area contributed by atoms with Crippen molar-refractivity contribution < 1.29 is 39.7 Å². The number of hydrogen-bond acceptors (Lipinski definition) is 1. The third-order valence-corrected chi connectivity index (χ3v) is 3.31. The van der Waals surface area contributed by atoms with Crippen LogP contribution in [0.25, 0.3) is 0 Å². The van der Waals surface area contributed by atoms with E-state index in [2.05, 4.69) is 15.9 Å². The van der Waals surface area contributed by atoms with Gasteiger partial charge in [0.05, 0.1) is 4.90 Å². The predicted molar refractivity (Wildman–Crippen MR) is 53.8 cm³/mol. The molecule has 1 unspecified atom stereocenters. The first-order valence-electron chi connectivity index (χ1n) is 3.40. The van der Waals surface area contributed by atoms with Gasteiger partial charge in [-0.05, 0) is 31.0 Å². The van der Waals surface area contributed by atoms with Crippen LogP contribution < -0.4 is 29.6 Å². The summed E-state index contributed by atoms with van der Waals surface area (Å²) < 4.78 is 20.5. The van der Waals surface area contributed by atoms with Crippen LogP contribution in [0.3, 0.4) is 0 Å². The normalized spacial score (nSPS) is 12.0. The molecule has 1 aromatic rings. The van der Waals surface area contributed by atoms with E-state index in [1.54, 1.807) is 6.07 Å². The second-order valence-corrected chi connectivity index (χ2v) is 4.41. The molecule has 1 aromatic carbocycles. The summed E-state index contributed by atoms with van der Waals surface area (Å²) in [7, 11) is 0. The third-order valence-electron chi connectivity index (χ3n) is 1.64. The Bertz CT molecular complexity index is 346. The van der Waals surface area contributed by atoms with Crippen LogP contribution >= 0.6 is 15.9 Å². The quantitative estimate of drug-likeness (QED) is 0.566. The minimum absolute atomic E-state index is 0. The molecular weight excluding hydrogens is 263 g/mol. The van der Waals surface area contributed by atoms with Gasteiger partial charge in [0.25, 0.3) is 0 Å². The molecule has 0 radical (unpaired) electrons. The maximum atomic E-state index is 10.8. The molecule has 0 fully saturated rings. The van der Waals surface area contributed by atoms with Gasteiger partial charge in [0.1, 0.15) is 0 Å². The zero-order chi connectivity index (χ0) is 9.30. The summed E-state index contributed by atoms with van der Waals surface area (Å²) in [6.07, 6.45) is 0. The van der Waals surface area contributed by atoms with Crippen molar-refractivity contribution in [3.8, 4) is 0 Å². The molecule has 0 aliphatic carbocycles. The van der Waals surface area contributed by atoms with E-state index in [0.29, 0.717) is 4.90 Å². The van der Waals surface area contributed by atoms with E-state index in [-0.39, 0.29) is 31.0 Å². The van der Waals surface area contributed by atoms with Crippen molar-refractivity contribution in [2.24, 2.45) is 0 Å². The monoisotopic (exact) mass is 272 g/mol. The second kappa shape index (κ2) is 5.63. The van der Waals surface area contributed by atoms with E-state index in [0.717, 1.165) is 15.6 Å². The Hall–Kier alpha value is 0.810. The average Bonchev–Trinajstić information content (AvgIpc) is 1.96. The Morgan fingerprint density at radius 3 is 2.38 bits per heavy atom. The van der Waals surface area contributed by atoms with E-state index in [4.69, 9.17) is 4.55 Å². The summed E-state index contributed by atoms with van der Waals surface area (Å²) in [4.78, 5) is 0.465. The van der Waals surface area contributed by atoms with Gasteiger partial charge in [0.15, 0.2) is 11.1 Å². The van der Waals surface area contributed by atoms with Crippen molar-refractivity contribution in [1.29, 1.82) is 0 Å². The molecule has 2 nitrogen and oxygen atoms in total. The minimum atomic E-state index is -1.89. The Balaban J connectivity index is 0. The van der Waals surface area contributed by atoms with Gasteiger partial charge in [0, 0.05) is 4.47 Å². The molecule has 68 valence electrons. The summed E-state index contributed by atoms with van der Waals surface area (Å²) >= 11 is 1.41. The van der Waals surface area contributed by atoms with Crippen LogP contribution in [-0.2, 0) is 11.1 Å². The fraction of sp³-hybridized carbons (Fsp3) is 0.250. The number of aryl methyl sites for hydroxylation is 2. The molecule has 5 heteroatoms. The largest absolute Gasteiger partial charge is 1.00 e. The van der Waals surface area contributed by atoms with E-state index in [9.17, 15) is 4.21 Å². The third kappa shape index (κ3) is 3.46. The van der Waals surface area contributed by atoms with Crippen LogP contribution in [-0.4, -0.2) is 8.76 Å². The molecule has 0 spiro atoms. The molecule has 0 bridgehead atoms. The van der Waals surface area contributed by atoms with Crippen LogP contribution in [0.2, 0.25) is 0 Å². The van der Waals surface area contributed by atoms with Gasteiger partial charge in [0.2, 0.25) is 0 Å². The summed E-state index contributed by atoms with van der Waals surface area (Å²) in [5.41, 5.74) is 1.92. The van der Waals surface area contributed by atoms with Crippen molar-refractivity contribution >= 4 is 27.0 Å². The van der Waals surface area contributed by atoms with Gasteiger partial charge in [-0.15, -0.1) is 0 Å². The molecule has 0 aliphatic rings. The van der Waals surface area contributed by atoms with Crippen LogP contribution in [0.5, 0.6) is 0 Å². The molecule has 0 aliphatic heterocycles. The van der Waals surface area contributed by atoms with Crippen molar-refractivity contribution in [1.82, 2.24) is 0 Å². The van der Waals surface area contributed by atoms with Gasteiger partial charge in [-0.25, -0.2) is 4.21 Å². The van der Waals surface area contributed by atoms with Gasteiger partial charge in [-0.1, -0.05) is 22.0 Å². The fourth-order valence-electron chi connectivity index (χ4n) is 0.996. The van der Waals surface area contributed by atoms with Gasteiger partial charge in [-0.2, -0.15) is 0 Å². The molecule has 13 heavy (non-hydrogen) atoms. The molecular formula is C8H10BrNaO2S. The predicted octanol–water partition coefficient (Wildman–Crippen LogP) is -0.237. The molecule has 0 aromatic heterocycles. The topological polar surface area (TPSA) is 37.3 Å². The summed E-state index contributed by atoms with van der Waals surface area (Å²) in [5.74, 6) is 0. The molecule has 1 atom stereocenters. The molecule has 1 rings (SSSR count). The summed E-state index contributed by atoms with van der Waals surface area (Å²) in [6.45, 7) is 3.77. The maximum Gasteiger partial charge on any atom is 1.00 e. The van der Waals surface area contributed by atoms with E-state index < -0.39 is 11.1 Å². The van der Waals surface area contributed by atoms with Crippen LogP contribution in [0.4, 0.5) is 0 Å². The summed E-state index contributed by atoms with van der Waals surface area (Å²) in [6, 6.07) is 3.56. The smallest absolute Gasteiger partial charge is 1.00 e. The number of halogens is 1. The number of benzene rings is 1.